The molecule has 0 aliphatic rings. The van der Waals surface area contributed by atoms with Crippen molar-refractivity contribution in [3.63, 3.8) is 0 Å². The number of carboxylic acids is 1. The maximum atomic E-state index is 13.4. The molecule has 0 unspecified atom stereocenters. The molecule has 3 rings (SSSR count). The van der Waals surface area contributed by atoms with Crippen molar-refractivity contribution in [1.29, 1.82) is 0 Å². The van der Waals surface area contributed by atoms with Gasteiger partial charge in [0.25, 0.3) is 10.0 Å². The number of rotatable bonds is 6. The average molecular weight is 401 g/mol. The summed E-state index contributed by atoms with van der Waals surface area (Å²) in [5.74, 6) is -1.42. The van der Waals surface area contributed by atoms with Crippen molar-refractivity contribution in [3.05, 3.63) is 78.1 Å². The van der Waals surface area contributed by atoms with Gasteiger partial charge in [0, 0.05) is 0 Å². The molecule has 3 aromatic rings. The second-order valence-corrected chi connectivity index (χ2v) is 7.54. The zero-order chi connectivity index (χ0) is 20.3. The van der Waals surface area contributed by atoms with Gasteiger partial charge in [-0.2, -0.15) is 0 Å². The molecule has 0 aliphatic heterocycles. The van der Waals surface area contributed by atoms with E-state index in [9.17, 15) is 17.6 Å². The first kappa shape index (κ1) is 19.4. The van der Waals surface area contributed by atoms with E-state index in [0.29, 0.717) is 5.75 Å². The largest absolute Gasteiger partial charge is 0.497 e. The van der Waals surface area contributed by atoms with Crippen molar-refractivity contribution in [2.45, 2.75) is 4.90 Å². The lowest BCUT2D eigenvalue weighted by atomic mass is 10.1. The number of aromatic carboxylic acids is 1. The summed E-state index contributed by atoms with van der Waals surface area (Å²) in [6.07, 6.45) is 0. The summed E-state index contributed by atoms with van der Waals surface area (Å²) in [4.78, 5) is 11.2. The van der Waals surface area contributed by atoms with Crippen LogP contribution in [0, 0.1) is 5.82 Å². The third-order valence-electron chi connectivity index (χ3n) is 4.04. The van der Waals surface area contributed by atoms with Crippen LogP contribution in [0.1, 0.15) is 10.4 Å². The maximum Gasteiger partial charge on any atom is 0.337 e. The third kappa shape index (κ3) is 4.12. The van der Waals surface area contributed by atoms with Crippen molar-refractivity contribution in [2.24, 2.45) is 0 Å². The minimum absolute atomic E-state index is 0.0784. The molecule has 0 fully saturated rings. The Morgan fingerprint density at radius 2 is 1.54 bits per heavy atom. The molecule has 0 atom stereocenters. The molecule has 2 N–H and O–H groups in total. The third-order valence-corrected chi connectivity index (χ3v) is 5.43. The quantitative estimate of drug-likeness (QED) is 0.651. The van der Waals surface area contributed by atoms with E-state index in [2.05, 4.69) is 4.72 Å². The van der Waals surface area contributed by atoms with Crippen molar-refractivity contribution < 1.29 is 27.4 Å². The fourth-order valence-corrected chi connectivity index (χ4v) is 3.67. The standard InChI is InChI=1S/C20H16FNO5S/c1-27-16-7-2-13(3-8-16)14-4-9-17(10-5-14)28(25,26)22-19-12-15(21)6-11-18(19)20(23)24/h2-12,22H,1H3,(H,23,24). The summed E-state index contributed by atoms with van der Waals surface area (Å²) < 4.78 is 45.8. The van der Waals surface area contributed by atoms with Crippen LogP contribution in [0.2, 0.25) is 0 Å². The number of anilines is 1. The topological polar surface area (TPSA) is 92.7 Å². The Bertz CT molecular complexity index is 1110. The highest BCUT2D eigenvalue weighted by Gasteiger charge is 2.19. The fourth-order valence-electron chi connectivity index (χ4n) is 2.60. The van der Waals surface area contributed by atoms with Gasteiger partial charge < -0.3 is 9.84 Å². The van der Waals surface area contributed by atoms with Crippen molar-refractivity contribution in [2.75, 3.05) is 11.8 Å². The lowest BCUT2D eigenvalue weighted by molar-refractivity contribution is 0.0698. The van der Waals surface area contributed by atoms with Crippen LogP contribution in [-0.4, -0.2) is 26.6 Å². The Labute approximate surface area is 161 Å². The molecule has 0 radical (unpaired) electrons. The first-order valence-corrected chi connectivity index (χ1v) is 9.58. The molecule has 0 heterocycles. The molecule has 0 saturated heterocycles. The molecule has 3 aromatic carbocycles. The van der Waals surface area contributed by atoms with Crippen molar-refractivity contribution in [3.8, 4) is 16.9 Å². The molecule has 6 nitrogen and oxygen atoms in total. The van der Waals surface area contributed by atoms with Gasteiger partial charge in [-0.1, -0.05) is 24.3 Å². The van der Waals surface area contributed by atoms with E-state index in [4.69, 9.17) is 9.84 Å². The highest BCUT2D eigenvalue weighted by Crippen LogP contribution is 2.26. The number of nitrogens with one attached hydrogen (secondary N) is 1. The minimum atomic E-state index is -4.10. The summed E-state index contributed by atoms with van der Waals surface area (Å²) in [7, 11) is -2.53. The molecular weight excluding hydrogens is 385 g/mol. The zero-order valence-corrected chi connectivity index (χ0v) is 15.5. The molecule has 28 heavy (non-hydrogen) atoms. The van der Waals surface area contributed by atoms with Gasteiger partial charge in [-0.3, -0.25) is 4.72 Å². The number of ether oxygens (including phenoxy) is 1. The average Bonchev–Trinajstić information content (AvgIpc) is 2.67. The summed E-state index contributed by atoms with van der Waals surface area (Å²) in [5, 5.41) is 9.16. The van der Waals surface area contributed by atoms with E-state index < -0.39 is 21.8 Å². The lowest BCUT2D eigenvalue weighted by Crippen LogP contribution is -2.15. The summed E-state index contributed by atoms with van der Waals surface area (Å²) >= 11 is 0. The van der Waals surface area contributed by atoms with Gasteiger partial charge in [0.1, 0.15) is 11.6 Å². The van der Waals surface area contributed by atoms with E-state index in [1.807, 2.05) is 12.1 Å². The Hall–Kier alpha value is -3.39. The first-order valence-electron chi connectivity index (χ1n) is 8.10. The van der Waals surface area contributed by atoms with Gasteiger partial charge in [0.2, 0.25) is 0 Å². The zero-order valence-electron chi connectivity index (χ0n) is 14.7. The molecular formula is C20H16FNO5S. The van der Waals surface area contributed by atoms with Crippen molar-refractivity contribution >= 4 is 21.7 Å². The highest BCUT2D eigenvalue weighted by molar-refractivity contribution is 7.92. The Morgan fingerprint density at radius 1 is 0.964 bits per heavy atom. The van der Waals surface area contributed by atoms with Crippen molar-refractivity contribution in [1.82, 2.24) is 0 Å². The molecule has 0 saturated carbocycles. The van der Waals surface area contributed by atoms with E-state index in [1.165, 1.54) is 12.1 Å². The number of hydrogen-bond acceptors (Lipinski definition) is 4. The Balaban J connectivity index is 1.88. The van der Waals surface area contributed by atoms with Crippen LogP contribution in [0.5, 0.6) is 5.75 Å². The van der Waals surface area contributed by atoms with E-state index in [-0.39, 0.29) is 16.1 Å². The van der Waals surface area contributed by atoms with Crippen LogP contribution >= 0.6 is 0 Å². The number of sulfonamides is 1. The summed E-state index contributed by atoms with van der Waals surface area (Å²) in [6, 6.07) is 16.1. The number of benzene rings is 3. The summed E-state index contributed by atoms with van der Waals surface area (Å²) in [5.41, 5.74) is 0.973. The highest BCUT2D eigenvalue weighted by atomic mass is 32.2. The lowest BCUT2D eigenvalue weighted by Gasteiger charge is -2.11. The Morgan fingerprint density at radius 3 is 2.07 bits per heavy atom. The second kappa shape index (κ2) is 7.69. The molecule has 0 amide bonds. The smallest absolute Gasteiger partial charge is 0.337 e. The fraction of sp³-hybridized carbons (Fsp3) is 0.0500. The van der Waals surface area contributed by atoms with Gasteiger partial charge in [0.15, 0.2) is 0 Å². The van der Waals surface area contributed by atoms with Gasteiger partial charge in [-0.15, -0.1) is 0 Å². The number of carboxylic acid groups (broad SMARTS) is 1. The molecule has 0 bridgehead atoms. The molecule has 8 heteroatoms. The van der Waals surface area contributed by atoms with Gasteiger partial charge in [0.05, 0.1) is 23.3 Å². The number of halogens is 1. The summed E-state index contributed by atoms with van der Waals surface area (Å²) in [6.45, 7) is 0. The van der Waals surface area contributed by atoms with Gasteiger partial charge in [-0.25, -0.2) is 17.6 Å². The van der Waals surface area contributed by atoms with E-state index in [0.717, 1.165) is 29.3 Å². The predicted molar refractivity (Wildman–Crippen MR) is 103 cm³/mol. The maximum absolute atomic E-state index is 13.4. The van der Waals surface area contributed by atoms with E-state index in [1.54, 1.807) is 31.4 Å². The minimum Gasteiger partial charge on any atom is -0.497 e. The second-order valence-electron chi connectivity index (χ2n) is 5.85. The van der Waals surface area contributed by atoms with Gasteiger partial charge in [-0.05, 0) is 53.6 Å². The van der Waals surface area contributed by atoms with Crippen LogP contribution in [-0.2, 0) is 10.0 Å². The van der Waals surface area contributed by atoms with Crippen LogP contribution in [0.4, 0.5) is 10.1 Å². The molecule has 0 spiro atoms. The Kier molecular flexibility index (Phi) is 5.32. The van der Waals surface area contributed by atoms with Gasteiger partial charge >= 0.3 is 5.97 Å². The SMILES string of the molecule is COc1ccc(-c2ccc(S(=O)(=O)Nc3cc(F)ccc3C(=O)O)cc2)cc1. The number of hydrogen-bond donors (Lipinski definition) is 2. The normalized spacial score (nSPS) is 11.1. The predicted octanol–water partition coefficient (Wildman–Crippen LogP) is 4.00. The van der Waals surface area contributed by atoms with Crippen LogP contribution < -0.4 is 9.46 Å². The van der Waals surface area contributed by atoms with Crippen LogP contribution in [0.25, 0.3) is 11.1 Å². The molecule has 0 aliphatic carbocycles. The molecule has 144 valence electrons. The number of carbonyl (C=O) groups is 1. The number of methoxy groups -OCH3 is 1. The van der Waals surface area contributed by atoms with E-state index >= 15 is 0 Å². The molecule has 0 aromatic heterocycles. The first-order chi connectivity index (χ1) is 13.3. The van der Waals surface area contributed by atoms with Crippen LogP contribution in [0.3, 0.4) is 0 Å². The monoisotopic (exact) mass is 401 g/mol. The van der Waals surface area contributed by atoms with Crippen LogP contribution in [0.15, 0.2) is 71.6 Å².